The molecule has 0 aromatic carbocycles. The molecule has 6 heteroatoms. The van der Waals surface area contributed by atoms with Gasteiger partial charge in [-0.3, -0.25) is 0 Å². The van der Waals surface area contributed by atoms with Crippen molar-refractivity contribution in [3.05, 3.63) is 24.2 Å². The number of hydrogen-bond donors (Lipinski definition) is 1. The first kappa shape index (κ1) is 14.0. The first-order valence-electron chi connectivity index (χ1n) is 7.43. The molecule has 0 spiro atoms. The van der Waals surface area contributed by atoms with E-state index in [9.17, 15) is 0 Å². The van der Waals surface area contributed by atoms with Crippen molar-refractivity contribution in [3.63, 3.8) is 0 Å². The van der Waals surface area contributed by atoms with Gasteiger partial charge in [-0.25, -0.2) is 4.98 Å². The van der Waals surface area contributed by atoms with Crippen LogP contribution in [0.15, 0.2) is 22.9 Å². The monoisotopic (exact) mass is 288 g/mol. The standard InChI is InChI=1S/C15H20N4O2/c1-2-20-15(7-4-3-5-8-15)14-18-13(21-19-14)11-6-9-17-12(16)10-11/h6,9-10H,2-5,7-8H2,1H3,(H2,16,17). The molecule has 2 N–H and O–H groups in total. The maximum atomic E-state index is 6.01. The van der Waals surface area contributed by atoms with Crippen molar-refractivity contribution in [2.24, 2.45) is 0 Å². The summed E-state index contributed by atoms with van der Waals surface area (Å²) >= 11 is 0. The van der Waals surface area contributed by atoms with E-state index in [4.69, 9.17) is 15.0 Å². The van der Waals surface area contributed by atoms with E-state index in [-0.39, 0.29) is 0 Å². The van der Waals surface area contributed by atoms with Gasteiger partial charge in [0.15, 0.2) is 0 Å². The van der Waals surface area contributed by atoms with E-state index in [0.29, 0.717) is 24.1 Å². The van der Waals surface area contributed by atoms with Gasteiger partial charge in [0.1, 0.15) is 11.4 Å². The molecule has 0 aliphatic heterocycles. The molecule has 1 saturated carbocycles. The van der Waals surface area contributed by atoms with Crippen LogP contribution in [0.1, 0.15) is 44.9 Å². The molecule has 0 amide bonds. The first-order chi connectivity index (χ1) is 10.2. The molecule has 3 rings (SSSR count). The Hall–Kier alpha value is -1.95. The van der Waals surface area contributed by atoms with E-state index >= 15 is 0 Å². The Kier molecular flexibility index (Phi) is 3.88. The number of rotatable bonds is 4. The Morgan fingerprint density at radius 2 is 2.14 bits per heavy atom. The number of nitrogens with zero attached hydrogens (tertiary/aromatic N) is 3. The second-order valence-electron chi connectivity index (χ2n) is 5.38. The van der Waals surface area contributed by atoms with E-state index in [1.165, 1.54) is 6.42 Å². The van der Waals surface area contributed by atoms with Gasteiger partial charge in [-0.05, 0) is 31.9 Å². The molecule has 0 radical (unpaired) electrons. The van der Waals surface area contributed by atoms with Crippen molar-refractivity contribution in [2.75, 3.05) is 12.3 Å². The number of nitrogens with two attached hydrogens (primary N) is 1. The van der Waals surface area contributed by atoms with Gasteiger partial charge in [-0.1, -0.05) is 24.4 Å². The van der Waals surface area contributed by atoms with Crippen LogP contribution in [0.4, 0.5) is 5.82 Å². The summed E-state index contributed by atoms with van der Waals surface area (Å²) in [5.74, 6) is 1.54. The zero-order valence-corrected chi connectivity index (χ0v) is 12.2. The maximum absolute atomic E-state index is 6.01. The third-order valence-electron chi connectivity index (χ3n) is 3.94. The Morgan fingerprint density at radius 3 is 2.86 bits per heavy atom. The first-order valence-corrected chi connectivity index (χ1v) is 7.43. The average Bonchev–Trinajstić information content (AvgIpc) is 2.99. The van der Waals surface area contributed by atoms with Crippen molar-refractivity contribution in [1.82, 2.24) is 15.1 Å². The lowest BCUT2D eigenvalue weighted by Gasteiger charge is -2.33. The van der Waals surface area contributed by atoms with Gasteiger partial charge in [0.2, 0.25) is 5.82 Å². The largest absolute Gasteiger partial charge is 0.384 e. The quantitative estimate of drug-likeness (QED) is 0.930. The highest BCUT2D eigenvalue weighted by atomic mass is 16.5. The summed E-state index contributed by atoms with van der Waals surface area (Å²) in [6, 6.07) is 3.54. The van der Waals surface area contributed by atoms with Crippen molar-refractivity contribution in [2.45, 2.75) is 44.6 Å². The molecule has 0 unspecified atom stereocenters. The van der Waals surface area contributed by atoms with Crippen molar-refractivity contribution in [3.8, 4) is 11.5 Å². The summed E-state index contributed by atoms with van der Waals surface area (Å²) in [4.78, 5) is 8.52. The van der Waals surface area contributed by atoms with Crippen LogP contribution >= 0.6 is 0 Å². The fourth-order valence-electron chi connectivity index (χ4n) is 2.94. The molecular weight excluding hydrogens is 268 g/mol. The SMILES string of the molecule is CCOC1(c2noc(-c3ccnc(N)c3)n2)CCCCC1. The number of aromatic nitrogens is 3. The molecular formula is C15H20N4O2. The third kappa shape index (κ3) is 2.76. The van der Waals surface area contributed by atoms with Crippen molar-refractivity contribution >= 4 is 5.82 Å². The second kappa shape index (κ2) is 5.81. The number of anilines is 1. The zero-order valence-electron chi connectivity index (χ0n) is 12.2. The zero-order chi connectivity index (χ0) is 14.7. The van der Waals surface area contributed by atoms with Crippen LogP contribution in [0.5, 0.6) is 0 Å². The molecule has 21 heavy (non-hydrogen) atoms. The van der Waals surface area contributed by atoms with Gasteiger partial charge in [0.05, 0.1) is 0 Å². The van der Waals surface area contributed by atoms with Crippen LogP contribution < -0.4 is 5.73 Å². The highest BCUT2D eigenvalue weighted by molar-refractivity contribution is 5.56. The van der Waals surface area contributed by atoms with E-state index < -0.39 is 5.60 Å². The minimum Gasteiger partial charge on any atom is -0.384 e. The normalized spacial score (nSPS) is 17.8. The van der Waals surface area contributed by atoms with E-state index in [0.717, 1.165) is 31.2 Å². The summed E-state index contributed by atoms with van der Waals surface area (Å²) in [6.07, 6.45) is 7.02. The van der Waals surface area contributed by atoms with Gasteiger partial charge >= 0.3 is 0 Å². The van der Waals surface area contributed by atoms with Crippen molar-refractivity contribution in [1.29, 1.82) is 0 Å². The topological polar surface area (TPSA) is 87.1 Å². The molecule has 112 valence electrons. The smallest absolute Gasteiger partial charge is 0.258 e. The molecule has 2 aromatic heterocycles. The van der Waals surface area contributed by atoms with Gasteiger partial charge < -0.3 is 15.0 Å². The van der Waals surface area contributed by atoms with Gasteiger partial charge in [-0.15, -0.1) is 0 Å². The van der Waals surface area contributed by atoms with Gasteiger partial charge in [0, 0.05) is 18.4 Å². The van der Waals surface area contributed by atoms with E-state index in [1.807, 2.05) is 13.0 Å². The van der Waals surface area contributed by atoms with E-state index in [2.05, 4.69) is 15.1 Å². The minimum atomic E-state index is -0.396. The highest BCUT2D eigenvalue weighted by Gasteiger charge is 2.39. The summed E-state index contributed by atoms with van der Waals surface area (Å²) in [5.41, 5.74) is 6.08. The average molecular weight is 288 g/mol. The van der Waals surface area contributed by atoms with E-state index in [1.54, 1.807) is 12.3 Å². The lowest BCUT2D eigenvalue weighted by Crippen LogP contribution is -2.33. The lowest BCUT2D eigenvalue weighted by atomic mass is 9.84. The molecule has 6 nitrogen and oxygen atoms in total. The molecule has 0 saturated heterocycles. The molecule has 2 heterocycles. The number of ether oxygens (including phenoxy) is 1. The molecule has 2 aromatic rings. The number of nitrogen functional groups attached to an aromatic ring is 1. The van der Waals surface area contributed by atoms with Gasteiger partial charge in [-0.2, -0.15) is 4.98 Å². The fraction of sp³-hybridized carbons (Fsp3) is 0.533. The molecule has 1 fully saturated rings. The van der Waals surface area contributed by atoms with Crippen LogP contribution in [0.3, 0.4) is 0 Å². The fourth-order valence-corrected chi connectivity index (χ4v) is 2.94. The summed E-state index contributed by atoms with van der Waals surface area (Å²) in [6.45, 7) is 2.65. The summed E-state index contributed by atoms with van der Waals surface area (Å²) in [5, 5.41) is 4.16. The minimum absolute atomic E-state index is 0.396. The summed E-state index contributed by atoms with van der Waals surface area (Å²) in [7, 11) is 0. The number of hydrogen-bond acceptors (Lipinski definition) is 6. The second-order valence-corrected chi connectivity index (χ2v) is 5.38. The van der Waals surface area contributed by atoms with Crippen LogP contribution in [-0.4, -0.2) is 21.7 Å². The Balaban J connectivity index is 1.92. The number of pyridine rings is 1. The molecule has 0 atom stereocenters. The van der Waals surface area contributed by atoms with Crippen LogP contribution in [0, 0.1) is 0 Å². The summed E-state index contributed by atoms with van der Waals surface area (Å²) < 4.78 is 11.4. The van der Waals surface area contributed by atoms with Crippen molar-refractivity contribution < 1.29 is 9.26 Å². The predicted octanol–water partition coefficient (Wildman–Crippen LogP) is 2.91. The molecule has 1 aliphatic carbocycles. The van der Waals surface area contributed by atoms with Crippen LogP contribution in [-0.2, 0) is 10.3 Å². The van der Waals surface area contributed by atoms with Gasteiger partial charge in [0.25, 0.3) is 5.89 Å². The Bertz CT molecular complexity index is 600. The van der Waals surface area contributed by atoms with Crippen LogP contribution in [0.2, 0.25) is 0 Å². The van der Waals surface area contributed by atoms with Crippen LogP contribution in [0.25, 0.3) is 11.5 Å². The molecule has 1 aliphatic rings. The Labute approximate surface area is 123 Å². The highest BCUT2D eigenvalue weighted by Crippen LogP contribution is 2.39. The maximum Gasteiger partial charge on any atom is 0.258 e. The Morgan fingerprint density at radius 1 is 1.33 bits per heavy atom. The predicted molar refractivity (Wildman–Crippen MR) is 78.3 cm³/mol. The lowest BCUT2D eigenvalue weighted by molar-refractivity contribution is -0.0777. The third-order valence-corrected chi connectivity index (χ3v) is 3.94. The molecule has 0 bridgehead atoms.